The molecule has 0 aromatic heterocycles. The lowest BCUT2D eigenvalue weighted by molar-refractivity contribution is -0.167. The van der Waals surface area contributed by atoms with Gasteiger partial charge < -0.3 is 14.2 Å². The van der Waals surface area contributed by atoms with Crippen LogP contribution in [0.15, 0.2) is 48.6 Å². The van der Waals surface area contributed by atoms with Gasteiger partial charge in [-0.2, -0.15) is 0 Å². The van der Waals surface area contributed by atoms with E-state index in [2.05, 4.69) is 69.4 Å². The number of hydrogen-bond acceptors (Lipinski definition) is 6. The first-order valence-electron chi connectivity index (χ1n) is 35.6. The molecule has 0 aliphatic heterocycles. The van der Waals surface area contributed by atoms with Crippen LogP contribution >= 0.6 is 0 Å². The number of ether oxygens (including phenoxy) is 3. The summed E-state index contributed by atoms with van der Waals surface area (Å²) < 4.78 is 16.9. The highest BCUT2D eigenvalue weighted by molar-refractivity contribution is 5.71. The van der Waals surface area contributed by atoms with Gasteiger partial charge in [-0.1, -0.05) is 339 Å². The van der Waals surface area contributed by atoms with Gasteiger partial charge in [0.25, 0.3) is 0 Å². The van der Waals surface area contributed by atoms with E-state index in [0.717, 1.165) is 83.5 Å². The Kier molecular flexibility index (Phi) is 66.6. The molecule has 0 N–H and O–H groups in total. The first-order chi connectivity index (χ1) is 39.5. The first-order valence-corrected chi connectivity index (χ1v) is 35.6. The lowest BCUT2D eigenvalue weighted by Crippen LogP contribution is -2.30. The Bertz CT molecular complexity index is 1380. The summed E-state index contributed by atoms with van der Waals surface area (Å²) >= 11 is 0. The molecule has 0 saturated heterocycles. The van der Waals surface area contributed by atoms with Crippen molar-refractivity contribution < 1.29 is 28.6 Å². The number of carbonyl (C=O) groups is 3. The van der Waals surface area contributed by atoms with Crippen molar-refractivity contribution in [1.29, 1.82) is 0 Å². The van der Waals surface area contributed by atoms with Gasteiger partial charge in [0.05, 0.1) is 0 Å². The Morgan fingerprint density at radius 1 is 0.263 bits per heavy atom. The van der Waals surface area contributed by atoms with E-state index in [4.69, 9.17) is 14.2 Å². The van der Waals surface area contributed by atoms with Crippen LogP contribution in [-0.2, 0) is 28.6 Å². The van der Waals surface area contributed by atoms with E-state index in [9.17, 15) is 14.4 Å². The molecule has 0 saturated carbocycles. The zero-order valence-corrected chi connectivity index (χ0v) is 53.9. The van der Waals surface area contributed by atoms with E-state index in [1.807, 2.05) is 0 Å². The smallest absolute Gasteiger partial charge is 0.306 e. The Morgan fingerprint density at radius 2 is 0.487 bits per heavy atom. The molecular weight excluding hydrogens is 985 g/mol. The second-order valence-corrected chi connectivity index (χ2v) is 24.1. The zero-order chi connectivity index (χ0) is 57.8. The van der Waals surface area contributed by atoms with Crippen LogP contribution in [0.2, 0.25) is 0 Å². The molecule has 0 heterocycles. The first kappa shape index (κ1) is 77.4. The fraction of sp³-hybridized carbons (Fsp3) is 0.851. The molecule has 0 bridgehead atoms. The standard InChI is InChI=1S/C74H136O6/c1-4-7-10-13-16-19-22-25-27-29-31-32-33-34-35-36-37-38-39-40-41-43-44-46-49-52-55-58-61-64-67-73(76)79-70-71(69-78-72(75)66-63-60-57-54-51-48-24-21-18-15-12-9-6-3)80-74(77)68-65-62-59-56-53-50-47-45-42-30-28-26-23-20-17-14-11-8-5-2/h9,12,18,21,26,28,48,51,71H,4-8,10-11,13-17,19-20,22-25,27,29-47,49-50,52-70H2,1-3H3/b12-9-,21-18-,28-26-,51-48-. The molecule has 0 amide bonds. The Labute approximate surface area is 498 Å². The van der Waals surface area contributed by atoms with Crippen LogP contribution in [0.3, 0.4) is 0 Å². The summed E-state index contributed by atoms with van der Waals surface area (Å²) in [6, 6.07) is 0. The van der Waals surface area contributed by atoms with Crippen LogP contribution < -0.4 is 0 Å². The molecule has 1 unspecified atom stereocenters. The van der Waals surface area contributed by atoms with Crippen molar-refractivity contribution in [3.8, 4) is 0 Å². The SMILES string of the molecule is CC/C=C\C/C=C\C/C=C\CCCCCC(=O)OCC(COC(=O)CCCCCCCCCCCCCCCCCCCCCCCCCCCCCCCC)OC(=O)CCCCCCCCCCC/C=C\CCCCCCCC. The number of unbranched alkanes of at least 4 members (excludes halogenated alkanes) is 47. The molecule has 0 aromatic rings. The molecule has 80 heavy (non-hydrogen) atoms. The van der Waals surface area contributed by atoms with E-state index < -0.39 is 6.10 Å². The monoisotopic (exact) mass is 1120 g/mol. The second-order valence-electron chi connectivity index (χ2n) is 24.1. The largest absolute Gasteiger partial charge is 0.462 e. The molecule has 1 atom stereocenters. The van der Waals surface area contributed by atoms with Gasteiger partial charge in [-0.25, -0.2) is 0 Å². The van der Waals surface area contributed by atoms with Crippen LogP contribution in [0.25, 0.3) is 0 Å². The van der Waals surface area contributed by atoms with Gasteiger partial charge in [-0.05, 0) is 77.0 Å². The molecule has 0 spiro atoms. The van der Waals surface area contributed by atoms with Gasteiger partial charge >= 0.3 is 17.9 Å². The van der Waals surface area contributed by atoms with E-state index in [1.54, 1.807) is 0 Å². The number of hydrogen-bond donors (Lipinski definition) is 0. The van der Waals surface area contributed by atoms with Crippen molar-refractivity contribution in [3.05, 3.63) is 48.6 Å². The lowest BCUT2D eigenvalue weighted by atomic mass is 10.0. The predicted octanol–water partition coefficient (Wildman–Crippen LogP) is 24.5. The molecule has 6 heteroatoms. The van der Waals surface area contributed by atoms with Gasteiger partial charge in [0.1, 0.15) is 13.2 Å². The van der Waals surface area contributed by atoms with E-state index in [0.29, 0.717) is 19.3 Å². The minimum absolute atomic E-state index is 0.0795. The molecule has 0 fully saturated rings. The van der Waals surface area contributed by atoms with Gasteiger partial charge in [0.15, 0.2) is 6.10 Å². The van der Waals surface area contributed by atoms with Crippen LogP contribution in [0.4, 0.5) is 0 Å². The fourth-order valence-corrected chi connectivity index (χ4v) is 10.8. The fourth-order valence-electron chi connectivity index (χ4n) is 10.8. The van der Waals surface area contributed by atoms with Crippen LogP contribution in [0, 0.1) is 0 Å². The molecular formula is C74H136O6. The second kappa shape index (κ2) is 68.9. The van der Waals surface area contributed by atoms with Gasteiger partial charge in [0.2, 0.25) is 0 Å². The minimum Gasteiger partial charge on any atom is -0.462 e. The molecule has 0 aromatic carbocycles. The summed E-state index contributed by atoms with van der Waals surface area (Å²) in [5.74, 6) is -0.888. The van der Waals surface area contributed by atoms with E-state index >= 15 is 0 Å². The molecule has 0 aliphatic carbocycles. The predicted molar refractivity (Wildman–Crippen MR) is 349 cm³/mol. The van der Waals surface area contributed by atoms with Crippen molar-refractivity contribution in [2.45, 2.75) is 393 Å². The van der Waals surface area contributed by atoms with Gasteiger partial charge in [-0.15, -0.1) is 0 Å². The van der Waals surface area contributed by atoms with Crippen molar-refractivity contribution in [2.24, 2.45) is 0 Å². The summed E-state index contributed by atoms with van der Waals surface area (Å²) in [4.78, 5) is 38.4. The molecule has 468 valence electrons. The summed E-state index contributed by atoms with van der Waals surface area (Å²) in [7, 11) is 0. The Morgan fingerprint density at radius 3 is 0.787 bits per heavy atom. The number of rotatable bonds is 66. The quantitative estimate of drug-likeness (QED) is 0.0261. The van der Waals surface area contributed by atoms with E-state index in [1.165, 1.54) is 263 Å². The third-order valence-corrected chi connectivity index (χ3v) is 16.1. The zero-order valence-electron chi connectivity index (χ0n) is 53.9. The minimum atomic E-state index is -0.786. The maximum atomic E-state index is 12.9. The van der Waals surface area contributed by atoms with Crippen LogP contribution in [-0.4, -0.2) is 37.2 Å². The Balaban J connectivity index is 4.17. The van der Waals surface area contributed by atoms with Crippen LogP contribution in [0.1, 0.15) is 387 Å². The third-order valence-electron chi connectivity index (χ3n) is 16.1. The number of allylic oxidation sites excluding steroid dienone is 8. The summed E-state index contributed by atoms with van der Waals surface area (Å²) in [6.07, 6.45) is 87.3. The summed E-state index contributed by atoms with van der Waals surface area (Å²) in [6.45, 7) is 6.56. The average molecular weight is 1120 g/mol. The van der Waals surface area contributed by atoms with Crippen molar-refractivity contribution >= 4 is 17.9 Å². The van der Waals surface area contributed by atoms with E-state index in [-0.39, 0.29) is 31.1 Å². The van der Waals surface area contributed by atoms with Gasteiger partial charge in [0, 0.05) is 19.3 Å². The van der Waals surface area contributed by atoms with Crippen molar-refractivity contribution in [2.75, 3.05) is 13.2 Å². The average Bonchev–Trinajstić information content (AvgIpc) is 3.46. The normalized spacial score (nSPS) is 12.3. The lowest BCUT2D eigenvalue weighted by Gasteiger charge is -2.18. The number of esters is 3. The van der Waals surface area contributed by atoms with Crippen molar-refractivity contribution in [1.82, 2.24) is 0 Å². The molecule has 0 aliphatic rings. The summed E-state index contributed by atoms with van der Waals surface area (Å²) in [5.41, 5.74) is 0. The number of carbonyl (C=O) groups excluding carboxylic acids is 3. The third kappa shape index (κ3) is 66.2. The highest BCUT2D eigenvalue weighted by Crippen LogP contribution is 2.19. The Hall–Kier alpha value is -2.63. The van der Waals surface area contributed by atoms with Crippen molar-refractivity contribution in [3.63, 3.8) is 0 Å². The maximum Gasteiger partial charge on any atom is 0.306 e. The summed E-state index contributed by atoms with van der Waals surface area (Å²) in [5, 5.41) is 0. The highest BCUT2D eigenvalue weighted by atomic mass is 16.6. The molecule has 6 nitrogen and oxygen atoms in total. The van der Waals surface area contributed by atoms with Crippen LogP contribution in [0.5, 0.6) is 0 Å². The maximum absolute atomic E-state index is 12.9. The topological polar surface area (TPSA) is 78.9 Å². The highest BCUT2D eigenvalue weighted by Gasteiger charge is 2.19. The molecule has 0 radical (unpaired) electrons. The van der Waals surface area contributed by atoms with Gasteiger partial charge in [-0.3, -0.25) is 14.4 Å². The molecule has 0 rings (SSSR count).